The normalized spacial score (nSPS) is 15.6. The van der Waals surface area contributed by atoms with Crippen LogP contribution in [-0.2, 0) is 6.54 Å². The lowest BCUT2D eigenvalue weighted by Gasteiger charge is -2.31. The van der Waals surface area contributed by atoms with Crippen LogP contribution in [0.3, 0.4) is 0 Å². The zero-order chi connectivity index (χ0) is 18.2. The molecule has 1 fully saturated rings. The Labute approximate surface area is 159 Å². The van der Waals surface area contributed by atoms with Crippen molar-refractivity contribution in [2.75, 3.05) is 31.6 Å². The molecule has 2 aromatic rings. The van der Waals surface area contributed by atoms with Crippen LogP contribution in [0.15, 0.2) is 41.8 Å². The van der Waals surface area contributed by atoms with Gasteiger partial charge in [-0.05, 0) is 74.5 Å². The molecule has 0 saturated carbocycles. The molecule has 1 saturated heterocycles. The van der Waals surface area contributed by atoms with Crippen LogP contribution < -0.4 is 15.4 Å². The standard InChI is InChI=1S/C20H27N3O2S/c1-2-25-18-7-5-17(6-8-18)22-20(24)21-14-16-9-11-23(12-10-16)15-19-4-3-13-26-19/h3-8,13,16H,2,9-12,14-15H2,1H3,(H2,21,22,24). The molecule has 1 aromatic heterocycles. The Morgan fingerprint density at radius 1 is 1.23 bits per heavy atom. The van der Waals surface area contributed by atoms with E-state index in [1.165, 1.54) is 4.88 Å². The SMILES string of the molecule is CCOc1ccc(NC(=O)NCC2CCN(Cc3cccs3)CC2)cc1. The van der Waals surface area contributed by atoms with Crippen molar-refractivity contribution < 1.29 is 9.53 Å². The van der Waals surface area contributed by atoms with Crippen LogP contribution in [0.4, 0.5) is 10.5 Å². The average molecular weight is 374 g/mol. The molecule has 2 amide bonds. The van der Waals surface area contributed by atoms with Crippen molar-refractivity contribution in [1.29, 1.82) is 0 Å². The second-order valence-electron chi connectivity index (χ2n) is 6.59. The van der Waals surface area contributed by atoms with E-state index in [0.717, 1.165) is 50.5 Å². The summed E-state index contributed by atoms with van der Waals surface area (Å²) >= 11 is 1.82. The van der Waals surface area contributed by atoms with E-state index in [9.17, 15) is 4.79 Å². The Morgan fingerprint density at radius 2 is 2.00 bits per heavy atom. The molecule has 5 nitrogen and oxygen atoms in total. The van der Waals surface area contributed by atoms with Crippen molar-refractivity contribution >= 4 is 23.1 Å². The van der Waals surface area contributed by atoms with Gasteiger partial charge in [0, 0.05) is 23.7 Å². The highest BCUT2D eigenvalue weighted by Crippen LogP contribution is 2.20. The number of hydrogen-bond donors (Lipinski definition) is 2. The number of urea groups is 1. The lowest BCUT2D eigenvalue weighted by molar-refractivity contribution is 0.177. The molecule has 3 rings (SSSR count). The fraction of sp³-hybridized carbons (Fsp3) is 0.450. The van der Waals surface area contributed by atoms with E-state index < -0.39 is 0 Å². The van der Waals surface area contributed by atoms with Gasteiger partial charge in [-0.15, -0.1) is 11.3 Å². The molecule has 6 heteroatoms. The third-order valence-corrected chi connectivity index (χ3v) is 5.50. The zero-order valence-electron chi connectivity index (χ0n) is 15.2. The van der Waals surface area contributed by atoms with Gasteiger partial charge in [-0.3, -0.25) is 4.90 Å². The molecule has 0 radical (unpaired) electrons. The average Bonchev–Trinajstić information content (AvgIpc) is 3.16. The van der Waals surface area contributed by atoms with E-state index in [1.807, 2.05) is 42.5 Å². The highest BCUT2D eigenvalue weighted by Gasteiger charge is 2.20. The first-order chi connectivity index (χ1) is 12.7. The van der Waals surface area contributed by atoms with Gasteiger partial charge in [-0.2, -0.15) is 0 Å². The molecule has 0 spiro atoms. The van der Waals surface area contributed by atoms with Crippen molar-refractivity contribution in [2.24, 2.45) is 5.92 Å². The summed E-state index contributed by atoms with van der Waals surface area (Å²) in [5.74, 6) is 1.37. The topological polar surface area (TPSA) is 53.6 Å². The Hall–Kier alpha value is -2.05. The number of piperidine rings is 1. The summed E-state index contributed by atoms with van der Waals surface area (Å²) in [6, 6.07) is 11.6. The molecular formula is C20H27N3O2S. The summed E-state index contributed by atoms with van der Waals surface area (Å²) in [6.45, 7) is 6.58. The summed E-state index contributed by atoms with van der Waals surface area (Å²) in [4.78, 5) is 16.0. The number of anilines is 1. The van der Waals surface area contributed by atoms with Gasteiger partial charge in [-0.1, -0.05) is 6.07 Å². The van der Waals surface area contributed by atoms with Gasteiger partial charge >= 0.3 is 6.03 Å². The maximum absolute atomic E-state index is 12.1. The molecule has 0 bridgehead atoms. The maximum atomic E-state index is 12.1. The summed E-state index contributed by atoms with van der Waals surface area (Å²) < 4.78 is 5.40. The van der Waals surface area contributed by atoms with Crippen LogP contribution in [-0.4, -0.2) is 37.2 Å². The summed E-state index contributed by atoms with van der Waals surface area (Å²) in [5.41, 5.74) is 0.775. The van der Waals surface area contributed by atoms with Gasteiger partial charge in [0.05, 0.1) is 6.61 Å². The molecule has 0 aliphatic carbocycles. The van der Waals surface area contributed by atoms with Crippen molar-refractivity contribution in [3.63, 3.8) is 0 Å². The number of ether oxygens (including phenoxy) is 1. The van der Waals surface area contributed by atoms with Crippen molar-refractivity contribution in [3.8, 4) is 5.75 Å². The molecule has 2 N–H and O–H groups in total. The van der Waals surface area contributed by atoms with Crippen molar-refractivity contribution in [2.45, 2.75) is 26.3 Å². The number of rotatable bonds is 7. The van der Waals surface area contributed by atoms with E-state index in [4.69, 9.17) is 4.74 Å². The van der Waals surface area contributed by atoms with Crippen molar-refractivity contribution in [3.05, 3.63) is 46.7 Å². The lowest BCUT2D eigenvalue weighted by Crippen LogP contribution is -2.39. The van der Waals surface area contributed by atoms with Gasteiger partial charge in [-0.25, -0.2) is 4.79 Å². The number of nitrogens with zero attached hydrogens (tertiary/aromatic N) is 1. The molecular weight excluding hydrogens is 346 g/mol. The van der Waals surface area contributed by atoms with E-state index in [-0.39, 0.29) is 6.03 Å². The third kappa shape index (κ3) is 5.75. The van der Waals surface area contributed by atoms with Crippen LogP contribution in [0.25, 0.3) is 0 Å². The van der Waals surface area contributed by atoms with Gasteiger partial charge < -0.3 is 15.4 Å². The number of nitrogens with one attached hydrogen (secondary N) is 2. The van der Waals surface area contributed by atoms with Gasteiger partial charge in [0.25, 0.3) is 0 Å². The third-order valence-electron chi connectivity index (χ3n) is 4.64. The Kier molecular flexibility index (Phi) is 6.91. The minimum absolute atomic E-state index is 0.143. The van der Waals surface area contributed by atoms with E-state index in [1.54, 1.807) is 0 Å². The number of carbonyl (C=O) groups excluding carboxylic acids is 1. The number of benzene rings is 1. The van der Waals surface area contributed by atoms with Gasteiger partial charge in [0.15, 0.2) is 0 Å². The second-order valence-corrected chi connectivity index (χ2v) is 7.62. The van der Waals surface area contributed by atoms with Gasteiger partial charge in [0.1, 0.15) is 5.75 Å². The maximum Gasteiger partial charge on any atom is 0.319 e. The second kappa shape index (κ2) is 9.59. The monoisotopic (exact) mass is 373 g/mol. The van der Waals surface area contributed by atoms with Crippen LogP contribution in [0.2, 0.25) is 0 Å². The fourth-order valence-corrected chi connectivity index (χ4v) is 3.93. The minimum atomic E-state index is -0.143. The number of hydrogen-bond acceptors (Lipinski definition) is 4. The number of likely N-dealkylation sites (tertiary alicyclic amines) is 1. The first kappa shape index (κ1) is 18.7. The summed E-state index contributed by atoms with van der Waals surface area (Å²) in [7, 11) is 0. The highest BCUT2D eigenvalue weighted by molar-refractivity contribution is 7.09. The molecule has 1 aliphatic rings. The van der Waals surface area contributed by atoms with Crippen LogP contribution in [0.5, 0.6) is 5.75 Å². The van der Waals surface area contributed by atoms with Crippen molar-refractivity contribution in [1.82, 2.24) is 10.2 Å². The lowest BCUT2D eigenvalue weighted by atomic mass is 9.97. The Bertz CT molecular complexity index is 665. The number of carbonyl (C=O) groups is 1. The largest absolute Gasteiger partial charge is 0.494 e. The van der Waals surface area contributed by atoms with Gasteiger partial charge in [0.2, 0.25) is 0 Å². The zero-order valence-corrected chi connectivity index (χ0v) is 16.1. The Morgan fingerprint density at radius 3 is 2.65 bits per heavy atom. The Balaban J connectivity index is 1.34. The molecule has 0 unspecified atom stereocenters. The fourth-order valence-electron chi connectivity index (χ4n) is 3.19. The predicted octanol–water partition coefficient (Wildman–Crippen LogP) is 4.18. The van der Waals surface area contributed by atoms with E-state index in [0.29, 0.717) is 12.5 Å². The van der Waals surface area contributed by atoms with E-state index >= 15 is 0 Å². The molecule has 2 heterocycles. The van der Waals surface area contributed by atoms with Crippen LogP contribution in [0, 0.1) is 5.92 Å². The minimum Gasteiger partial charge on any atom is -0.494 e. The highest BCUT2D eigenvalue weighted by atomic mass is 32.1. The molecule has 140 valence electrons. The summed E-state index contributed by atoms with van der Waals surface area (Å²) in [6.07, 6.45) is 2.27. The van der Waals surface area contributed by atoms with Crippen LogP contribution in [0.1, 0.15) is 24.6 Å². The van der Waals surface area contributed by atoms with E-state index in [2.05, 4.69) is 33.0 Å². The first-order valence-electron chi connectivity index (χ1n) is 9.25. The molecule has 0 atom stereocenters. The first-order valence-corrected chi connectivity index (χ1v) is 10.1. The number of amides is 2. The molecule has 26 heavy (non-hydrogen) atoms. The summed E-state index contributed by atoms with van der Waals surface area (Å²) in [5, 5.41) is 8.01. The molecule has 1 aliphatic heterocycles. The number of thiophene rings is 1. The predicted molar refractivity (Wildman–Crippen MR) is 107 cm³/mol. The molecule has 1 aromatic carbocycles. The van der Waals surface area contributed by atoms with Crippen LogP contribution >= 0.6 is 11.3 Å². The smallest absolute Gasteiger partial charge is 0.319 e. The quantitative estimate of drug-likeness (QED) is 0.765.